The second kappa shape index (κ2) is 11.9. The Kier molecular flexibility index (Phi) is 10.00. The summed E-state index contributed by atoms with van der Waals surface area (Å²) in [6.45, 7) is 1.87. The van der Waals surface area contributed by atoms with E-state index >= 15 is 0 Å². The zero-order valence-corrected chi connectivity index (χ0v) is 22.5. The third-order valence-electron chi connectivity index (χ3n) is 6.02. The molecule has 2 aliphatic rings. The number of halogens is 2. The quantitative estimate of drug-likeness (QED) is 0.518. The highest BCUT2D eigenvalue weighted by molar-refractivity contribution is 8.44. The number of benzene rings is 1. The van der Waals surface area contributed by atoms with Crippen molar-refractivity contribution < 1.29 is 13.2 Å². The standard InChI is InChI=1S/C23H30N4O3S2.2ClH/c1-17-7-8-22(30-2)23(13-17)32(28,29)27-20-6-4-3-5-19(20)14-31(24)15-21(26-16-31)18-9-11-25-12-10-18;;/h7-13,15-16,19-20,27H,3-6,14,24H2,1-2H3;2*1H. The molecule has 1 saturated carbocycles. The summed E-state index contributed by atoms with van der Waals surface area (Å²) in [6.07, 6.45) is 7.28. The van der Waals surface area contributed by atoms with Crippen molar-refractivity contribution in [1.82, 2.24) is 9.71 Å². The number of aliphatic imine (C=N–C) groups is 1. The molecule has 34 heavy (non-hydrogen) atoms. The first kappa shape index (κ1) is 28.6. The van der Waals surface area contributed by atoms with Crippen molar-refractivity contribution >= 4 is 56.3 Å². The van der Waals surface area contributed by atoms with Crippen LogP contribution in [-0.2, 0) is 10.0 Å². The molecule has 1 aliphatic heterocycles. The van der Waals surface area contributed by atoms with Gasteiger partial charge in [-0.2, -0.15) is 0 Å². The number of aryl methyl sites for hydroxylation is 1. The Balaban J connectivity index is 0.00000204. The van der Waals surface area contributed by atoms with Crippen molar-refractivity contribution in [3.8, 4) is 5.75 Å². The number of hydrogen-bond donors (Lipinski definition) is 2. The van der Waals surface area contributed by atoms with Crippen molar-refractivity contribution in [2.45, 2.75) is 43.5 Å². The van der Waals surface area contributed by atoms with E-state index < -0.39 is 20.2 Å². The fourth-order valence-corrected chi connectivity index (χ4v) is 8.27. The van der Waals surface area contributed by atoms with Crippen LogP contribution in [0.25, 0.3) is 5.70 Å². The first-order valence-electron chi connectivity index (χ1n) is 10.7. The molecule has 1 aliphatic carbocycles. The first-order valence-corrected chi connectivity index (χ1v) is 14.2. The van der Waals surface area contributed by atoms with Crippen molar-refractivity contribution in [1.29, 1.82) is 0 Å². The van der Waals surface area contributed by atoms with Gasteiger partial charge in [-0.05, 0) is 60.9 Å². The minimum atomic E-state index is -3.73. The Hall–Kier alpha value is -1.62. The zero-order valence-electron chi connectivity index (χ0n) is 19.2. The zero-order chi connectivity index (χ0) is 22.8. The highest BCUT2D eigenvalue weighted by Gasteiger charge is 2.35. The average molecular weight is 548 g/mol. The highest BCUT2D eigenvalue weighted by atomic mass is 35.5. The van der Waals surface area contributed by atoms with E-state index in [4.69, 9.17) is 9.88 Å². The van der Waals surface area contributed by atoms with E-state index in [9.17, 15) is 8.42 Å². The lowest BCUT2D eigenvalue weighted by molar-refractivity contribution is 0.314. The molecule has 3 atom stereocenters. The molecular weight excluding hydrogens is 515 g/mol. The SMILES string of the molecule is COc1ccc(C)cc1S(=O)(=O)NC1CCCCC1CS1(N)C=NC(c2ccncc2)=C1.Cl.Cl. The van der Waals surface area contributed by atoms with Gasteiger partial charge in [-0.15, -0.1) is 35.0 Å². The van der Waals surface area contributed by atoms with Gasteiger partial charge >= 0.3 is 0 Å². The maximum Gasteiger partial charge on any atom is 0.244 e. The van der Waals surface area contributed by atoms with Crippen molar-refractivity contribution in [2.24, 2.45) is 16.0 Å². The Labute approximate surface area is 216 Å². The predicted molar refractivity (Wildman–Crippen MR) is 146 cm³/mol. The van der Waals surface area contributed by atoms with Gasteiger partial charge in [0.25, 0.3) is 0 Å². The predicted octanol–water partition coefficient (Wildman–Crippen LogP) is 4.80. The molecule has 3 unspecified atom stereocenters. The summed E-state index contributed by atoms with van der Waals surface area (Å²) in [4.78, 5) is 8.81. The first-order chi connectivity index (χ1) is 15.3. The second-order valence-electron chi connectivity index (χ2n) is 8.48. The van der Waals surface area contributed by atoms with Gasteiger partial charge in [-0.1, -0.05) is 18.9 Å². The fourth-order valence-electron chi connectivity index (χ4n) is 4.37. The summed E-state index contributed by atoms with van der Waals surface area (Å²) in [5.74, 6) is 1.21. The number of nitrogens with zero attached hydrogens (tertiary/aromatic N) is 2. The van der Waals surface area contributed by atoms with E-state index in [1.54, 1.807) is 24.5 Å². The van der Waals surface area contributed by atoms with Gasteiger partial charge in [-0.3, -0.25) is 10.1 Å². The van der Waals surface area contributed by atoms with Gasteiger partial charge < -0.3 is 4.74 Å². The van der Waals surface area contributed by atoms with Crippen LogP contribution < -0.4 is 14.6 Å². The number of nitrogens with two attached hydrogens (primary N) is 1. The molecule has 11 heteroatoms. The maximum atomic E-state index is 13.3. The third kappa shape index (κ3) is 6.53. The van der Waals surface area contributed by atoms with E-state index in [0.29, 0.717) is 11.5 Å². The number of nitrogens with one attached hydrogen (secondary N) is 1. The molecule has 1 aromatic heterocycles. The van der Waals surface area contributed by atoms with Gasteiger partial charge in [0.2, 0.25) is 10.0 Å². The molecule has 1 aromatic carbocycles. The highest BCUT2D eigenvalue weighted by Crippen LogP contribution is 2.49. The smallest absolute Gasteiger partial charge is 0.244 e. The van der Waals surface area contributed by atoms with Crippen LogP contribution in [0.5, 0.6) is 5.75 Å². The van der Waals surface area contributed by atoms with Crippen LogP contribution in [0.4, 0.5) is 0 Å². The lowest BCUT2D eigenvalue weighted by atomic mass is 9.86. The number of aromatic nitrogens is 1. The second-order valence-corrected chi connectivity index (χ2v) is 12.8. The molecule has 0 radical (unpaired) electrons. The third-order valence-corrected chi connectivity index (χ3v) is 9.70. The van der Waals surface area contributed by atoms with Crippen molar-refractivity contribution in [3.05, 3.63) is 59.3 Å². The van der Waals surface area contributed by atoms with E-state index in [0.717, 1.165) is 42.5 Å². The van der Waals surface area contributed by atoms with Gasteiger partial charge in [-0.25, -0.2) is 18.1 Å². The average Bonchev–Trinajstić information content (AvgIpc) is 3.17. The number of ether oxygens (including phenoxy) is 1. The van der Waals surface area contributed by atoms with Crippen LogP contribution >= 0.6 is 35.0 Å². The number of methoxy groups -OCH3 is 1. The van der Waals surface area contributed by atoms with Crippen LogP contribution in [-0.4, -0.2) is 37.9 Å². The lowest BCUT2D eigenvalue weighted by Gasteiger charge is -2.37. The van der Waals surface area contributed by atoms with Gasteiger partial charge in [0.1, 0.15) is 10.6 Å². The summed E-state index contributed by atoms with van der Waals surface area (Å²) in [5, 5.41) is 8.83. The Morgan fingerprint density at radius 2 is 1.85 bits per heavy atom. The van der Waals surface area contributed by atoms with E-state index in [1.807, 2.05) is 30.7 Å². The maximum absolute atomic E-state index is 13.3. The Morgan fingerprint density at radius 3 is 2.56 bits per heavy atom. The van der Waals surface area contributed by atoms with Crippen LogP contribution in [0.1, 0.15) is 36.8 Å². The summed E-state index contributed by atoms with van der Waals surface area (Å²) in [7, 11) is -3.95. The molecule has 0 amide bonds. The normalized spacial score (nSPS) is 25.9. The van der Waals surface area contributed by atoms with Crippen LogP contribution in [0.15, 0.2) is 58.0 Å². The van der Waals surface area contributed by atoms with Crippen molar-refractivity contribution in [3.63, 3.8) is 0 Å². The molecule has 0 spiro atoms. The Morgan fingerprint density at radius 1 is 1.15 bits per heavy atom. The van der Waals surface area contributed by atoms with Crippen molar-refractivity contribution in [2.75, 3.05) is 12.9 Å². The molecule has 0 bridgehead atoms. The number of pyridine rings is 1. The van der Waals surface area contributed by atoms with Crippen LogP contribution in [0.2, 0.25) is 0 Å². The molecule has 7 nitrogen and oxygen atoms in total. The minimum absolute atomic E-state index is 0. The summed E-state index contributed by atoms with van der Waals surface area (Å²) in [6, 6.07) is 8.86. The molecule has 2 aromatic rings. The van der Waals surface area contributed by atoms with Crippen LogP contribution in [0.3, 0.4) is 0 Å². The van der Waals surface area contributed by atoms with E-state index in [2.05, 4.69) is 20.1 Å². The molecule has 3 N–H and O–H groups in total. The minimum Gasteiger partial charge on any atom is -0.495 e. The molecule has 188 valence electrons. The summed E-state index contributed by atoms with van der Waals surface area (Å²) < 4.78 is 34.8. The lowest BCUT2D eigenvalue weighted by Crippen LogP contribution is -2.44. The van der Waals surface area contributed by atoms with Crippen LogP contribution in [0, 0.1) is 12.8 Å². The molecule has 4 rings (SSSR count). The number of rotatable bonds is 7. The molecule has 1 fully saturated rings. The Bertz CT molecular complexity index is 1150. The van der Waals surface area contributed by atoms with E-state index in [-0.39, 0.29) is 41.7 Å². The van der Waals surface area contributed by atoms with Gasteiger partial charge in [0.15, 0.2) is 0 Å². The number of sulfonamides is 1. The summed E-state index contributed by atoms with van der Waals surface area (Å²) >= 11 is 0. The largest absolute Gasteiger partial charge is 0.495 e. The fraction of sp³-hybridized carbons (Fsp3) is 0.391. The summed E-state index contributed by atoms with van der Waals surface area (Å²) in [5.41, 5.74) is 4.59. The van der Waals surface area contributed by atoms with E-state index in [1.165, 1.54) is 7.11 Å². The van der Waals surface area contributed by atoms with Gasteiger partial charge in [0, 0.05) is 29.8 Å². The molecule has 0 saturated heterocycles. The number of hydrogen-bond acceptors (Lipinski definition) is 6. The van der Waals surface area contributed by atoms with Gasteiger partial charge in [0.05, 0.1) is 18.4 Å². The monoisotopic (exact) mass is 546 g/mol. The topological polar surface area (TPSA) is 107 Å². The molecular formula is C23H32Cl2N4O3S2. The molecule has 2 heterocycles.